The lowest BCUT2D eigenvalue weighted by atomic mass is 10.0. The first-order valence-electron chi connectivity index (χ1n) is 11.4. The monoisotopic (exact) mass is 482 g/mol. The molecule has 3 heterocycles. The molecule has 5 rings (SSSR count). The van der Waals surface area contributed by atoms with Crippen LogP contribution in [0.2, 0.25) is 25.7 Å². The predicted octanol–water partition coefficient (Wildman–Crippen LogP) is 5.31. The molecule has 1 aliphatic carbocycles. The fourth-order valence-corrected chi connectivity index (χ4v) is 4.71. The number of nitrogens with two attached hydrogens (primary N) is 1. The highest BCUT2D eigenvalue weighted by Gasteiger charge is 2.31. The Morgan fingerprint density at radius 2 is 1.91 bits per heavy atom. The third-order valence-electron chi connectivity index (χ3n) is 6.09. The van der Waals surface area contributed by atoms with Gasteiger partial charge in [0.15, 0.2) is 11.6 Å². The summed E-state index contributed by atoms with van der Waals surface area (Å²) >= 11 is 0. The van der Waals surface area contributed by atoms with Crippen molar-refractivity contribution in [3.63, 3.8) is 0 Å². The van der Waals surface area contributed by atoms with Crippen LogP contribution in [0.3, 0.4) is 0 Å². The van der Waals surface area contributed by atoms with Gasteiger partial charge in [-0.3, -0.25) is 4.57 Å². The molecule has 1 aromatic carbocycles. The van der Waals surface area contributed by atoms with Crippen LogP contribution >= 0.6 is 0 Å². The summed E-state index contributed by atoms with van der Waals surface area (Å²) in [4.78, 5) is 4.56. The zero-order valence-corrected chi connectivity index (χ0v) is 20.6. The average molecular weight is 483 g/mol. The van der Waals surface area contributed by atoms with Crippen molar-refractivity contribution < 1.29 is 13.5 Å². The molecule has 1 aliphatic rings. The molecule has 1 fully saturated rings. The van der Waals surface area contributed by atoms with Crippen molar-refractivity contribution in [2.24, 2.45) is 0 Å². The molecule has 0 unspecified atom stereocenters. The van der Waals surface area contributed by atoms with E-state index in [2.05, 4.69) is 34.8 Å². The minimum atomic E-state index is -1.19. The van der Waals surface area contributed by atoms with E-state index in [1.54, 1.807) is 29.1 Å². The topological polar surface area (TPSA) is 83.3 Å². The third kappa shape index (κ3) is 4.35. The number of aromatic nitrogens is 5. The van der Waals surface area contributed by atoms with E-state index in [9.17, 15) is 8.78 Å². The van der Waals surface area contributed by atoms with Crippen LogP contribution < -0.4 is 5.73 Å². The molecule has 0 spiro atoms. The SMILES string of the molecule is C[Si](C)(C)CCOCn1c(-c2ncn3cc(-c4c(F)ccc(N)c4F)ccc23)nnc1C1CC1. The quantitative estimate of drug-likeness (QED) is 0.209. The molecule has 1 saturated carbocycles. The van der Waals surface area contributed by atoms with E-state index in [0.29, 0.717) is 36.3 Å². The Bertz CT molecular complexity index is 1360. The molecule has 4 aromatic rings. The van der Waals surface area contributed by atoms with Crippen LogP contribution in [0.4, 0.5) is 14.5 Å². The molecule has 0 atom stereocenters. The summed E-state index contributed by atoms with van der Waals surface area (Å²) < 4.78 is 38.7. The van der Waals surface area contributed by atoms with Crippen LogP contribution in [0, 0.1) is 11.6 Å². The number of benzene rings is 1. The van der Waals surface area contributed by atoms with Gasteiger partial charge in [-0.25, -0.2) is 13.8 Å². The van der Waals surface area contributed by atoms with Crippen molar-refractivity contribution in [1.82, 2.24) is 24.1 Å². The predicted molar refractivity (Wildman–Crippen MR) is 130 cm³/mol. The lowest BCUT2D eigenvalue weighted by Gasteiger charge is -2.16. The van der Waals surface area contributed by atoms with Gasteiger partial charge in [-0.15, -0.1) is 10.2 Å². The molecule has 2 N–H and O–H groups in total. The fraction of sp³-hybridized carbons (Fsp3) is 0.375. The standard InChI is InChI=1S/C24H28F2N6OSi/c1-34(2,3)11-10-33-14-32-23(15-4-5-15)29-30-24(32)22-19-9-6-16(12-31(19)13-28-22)20-17(25)7-8-18(27)21(20)26/h6-9,12-13,15H,4-5,10-11,14,27H2,1-3H3. The van der Waals surface area contributed by atoms with Gasteiger partial charge in [-0.05, 0) is 37.1 Å². The van der Waals surface area contributed by atoms with Gasteiger partial charge >= 0.3 is 0 Å². The number of nitrogens with zero attached hydrogens (tertiary/aromatic N) is 5. The molecule has 10 heteroatoms. The van der Waals surface area contributed by atoms with Crippen LogP contribution in [0.25, 0.3) is 28.2 Å². The van der Waals surface area contributed by atoms with Gasteiger partial charge in [-0.2, -0.15) is 0 Å². The van der Waals surface area contributed by atoms with Crippen molar-refractivity contribution in [3.05, 3.63) is 54.2 Å². The molecule has 0 aliphatic heterocycles. The summed E-state index contributed by atoms with van der Waals surface area (Å²) in [5.74, 6) is 0.507. The van der Waals surface area contributed by atoms with Gasteiger partial charge in [0.25, 0.3) is 0 Å². The Balaban J connectivity index is 1.49. The molecular formula is C24H28F2N6OSi. The fourth-order valence-electron chi connectivity index (χ4n) is 3.95. The summed E-state index contributed by atoms with van der Waals surface area (Å²) in [7, 11) is -1.19. The van der Waals surface area contributed by atoms with Gasteiger partial charge in [0.2, 0.25) is 0 Å². The van der Waals surface area contributed by atoms with Crippen molar-refractivity contribution >= 4 is 19.3 Å². The second-order valence-corrected chi connectivity index (χ2v) is 15.7. The Morgan fingerprint density at radius 1 is 1.12 bits per heavy atom. The Morgan fingerprint density at radius 3 is 2.65 bits per heavy atom. The average Bonchev–Trinajstić information content (AvgIpc) is 3.41. The van der Waals surface area contributed by atoms with E-state index in [1.807, 2.05) is 4.57 Å². The minimum absolute atomic E-state index is 0.0994. The number of hydrogen-bond acceptors (Lipinski definition) is 5. The smallest absolute Gasteiger partial charge is 0.186 e. The van der Waals surface area contributed by atoms with Crippen molar-refractivity contribution in [2.75, 3.05) is 12.3 Å². The van der Waals surface area contributed by atoms with Crippen LogP contribution in [-0.4, -0.2) is 38.8 Å². The number of fused-ring (bicyclic) bond motifs is 1. The number of ether oxygens (including phenoxy) is 1. The van der Waals surface area contributed by atoms with Crippen molar-refractivity contribution in [2.45, 2.75) is 51.2 Å². The molecule has 0 amide bonds. The lowest BCUT2D eigenvalue weighted by molar-refractivity contribution is 0.0860. The van der Waals surface area contributed by atoms with Crippen molar-refractivity contribution in [3.8, 4) is 22.6 Å². The van der Waals surface area contributed by atoms with E-state index in [4.69, 9.17) is 10.5 Å². The summed E-state index contributed by atoms with van der Waals surface area (Å²) in [6.45, 7) is 8.03. The number of nitrogen functional groups attached to an aromatic ring is 1. The maximum absolute atomic E-state index is 14.6. The largest absolute Gasteiger partial charge is 0.396 e. The van der Waals surface area contributed by atoms with Gasteiger partial charge < -0.3 is 14.9 Å². The first kappa shape index (κ1) is 22.7. The first-order chi connectivity index (χ1) is 16.2. The zero-order valence-electron chi connectivity index (χ0n) is 19.6. The number of pyridine rings is 1. The van der Waals surface area contributed by atoms with Gasteiger partial charge in [0.1, 0.15) is 30.4 Å². The highest BCUT2D eigenvalue weighted by atomic mass is 28.3. The molecule has 7 nitrogen and oxygen atoms in total. The maximum Gasteiger partial charge on any atom is 0.186 e. The molecule has 0 radical (unpaired) electrons. The number of anilines is 1. The molecule has 0 bridgehead atoms. The number of hydrogen-bond donors (Lipinski definition) is 1. The molecular weight excluding hydrogens is 454 g/mol. The second-order valence-electron chi connectivity index (χ2n) is 10.1. The number of halogens is 2. The highest BCUT2D eigenvalue weighted by molar-refractivity contribution is 6.76. The van der Waals surface area contributed by atoms with Gasteiger partial charge in [-0.1, -0.05) is 25.7 Å². The zero-order chi connectivity index (χ0) is 24.0. The van der Waals surface area contributed by atoms with E-state index in [1.165, 1.54) is 12.1 Å². The first-order valence-corrected chi connectivity index (χ1v) is 15.2. The second kappa shape index (κ2) is 8.59. The molecule has 178 valence electrons. The van der Waals surface area contributed by atoms with Crippen LogP contribution in [0.1, 0.15) is 24.6 Å². The van der Waals surface area contributed by atoms with E-state index >= 15 is 0 Å². The van der Waals surface area contributed by atoms with Crippen LogP contribution in [0.5, 0.6) is 0 Å². The van der Waals surface area contributed by atoms with E-state index < -0.39 is 19.7 Å². The molecule has 34 heavy (non-hydrogen) atoms. The summed E-state index contributed by atoms with van der Waals surface area (Å²) in [5.41, 5.74) is 7.17. The normalized spacial score (nSPS) is 14.3. The molecule has 0 saturated heterocycles. The van der Waals surface area contributed by atoms with Crippen LogP contribution in [-0.2, 0) is 11.5 Å². The van der Waals surface area contributed by atoms with E-state index in [-0.39, 0.29) is 11.3 Å². The van der Waals surface area contributed by atoms with E-state index in [0.717, 1.165) is 30.2 Å². The van der Waals surface area contributed by atoms with Gasteiger partial charge in [0, 0.05) is 32.4 Å². The lowest BCUT2D eigenvalue weighted by Crippen LogP contribution is -2.22. The Kier molecular flexibility index (Phi) is 5.73. The van der Waals surface area contributed by atoms with Gasteiger partial charge in [0.05, 0.1) is 16.8 Å². The number of imidazole rings is 1. The summed E-state index contributed by atoms with van der Waals surface area (Å²) in [6.07, 6.45) is 5.44. The van der Waals surface area contributed by atoms with Crippen LogP contribution in [0.15, 0.2) is 36.8 Å². The summed E-state index contributed by atoms with van der Waals surface area (Å²) in [6, 6.07) is 6.91. The molecule has 3 aromatic heterocycles. The Hall–Kier alpha value is -3.11. The summed E-state index contributed by atoms with van der Waals surface area (Å²) in [5, 5.41) is 8.89. The highest BCUT2D eigenvalue weighted by Crippen LogP contribution is 2.40. The Labute approximate surface area is 197 Å². The third-order valence-corrected chi connectivity index (χ3v) is 7.80. The minimum Gasteiger partial charge on any atom is -0.396 e. The van der Waals surface area contributed by atoms with Crippen molar-refractivity contribution in [1.29, 1.82) is 0 Å². The number of rotatable bonds is 8. The maximum atomic E-state index is 14.6.